The van der Waals surface area contributed by atoms with Gasteiger partial charge in [-0.15, -0.1) is 0 Å². The van der Waals surface area contributed by atoms with Crippen LogP contribution in [0.4, 0.5) is 0 Å². The van der Waals surface area contributed by atoms with E-state index in [0.29, 0.717) is 11.5 Å². The summed E-state index contributed by atoms with van der Waals surface area (Å²) in [6, 6.07) is 0.544. The maximum atomic E-state index is 5.66. The molecular formula is C12H25NO. The Hall–Kier alpha value is -0.0800. The van der Waals surface area contributed by atoms with Gasteiger partial charge in [-0.1, -0.05) is 20.8 Å². The van der Waals surface area contributed by atoms with Crippen molar-refractivity contribution < 1.29 is 4.74 Å². The van der Waals surface area contributed by atoms with Gasteiger partial charge in [0.05, 0.1) is 5.60 Å². The fraction of sp³-hybridized carbons (Fsp3) is 1.00. The minimum absolute atomic E-state index is 0.182. The lowest BCUT2D eigenvalue weighted by Crippen LogP contribution is -2.49. The summed E-state index contributed by atoms with van der Waals surface area (Å²) in [6.07, 6.45) is 4.94. The minimum Gasteiger partial charge on any atom is -0.378 e. The van der Waals surface area contributed by atoms with Gasteiger partial charge in [-0.3, -0.25) is 0 Å². The Labute approximate surface area is 88.4 Å². The molecule has 1 fully saturated rings. The molecule has 1 aliphatic rings. The van der Waals surface area contributed by atoms with Crippen LogP contribution in [0.1, 0.15) is 46.5 Å². The number of hydrogen-bond donors (Lipinski definition) is 1. The number of hydrogen-bond acceptors (Lipinski definition) is 2. The molecule has 0 spiro atoms. The number of nitrogens with one attached hydrogen (secondary N) is 1. The topological polar surface area (TPSA) is 21.3 Å². The van der Waals surface area contributed by atoms with E-state index >= 15 is 0 Å². The zero-order chi connectivity index (χ0) is 10.8. The lowest BCUT2D eigenvalue weighted by atomic mass is 9.71. The first-order chi connectivity index (χ1) is 6.43. The first kappa shape index (κ1) is 12.0. The van der Waals surface area contributed by atoms with Crippen LogP contribution in [0.3, 0.4) is 0 Å². The Morgan fingerprint density at radius 1 is 1.36 bits per heavy atom. The van der Waals surface area contributed by atoms with Crippen LogP contribution < -0.4 is 5.32 Å². The van der Waals surface area contributed by atoms with Gasteiger partial charge < -0.3 is 10.1 Å². The van der Waals surface area contributed by atoms with Gasteiger partial charge in [0.2, 0.25) is 0 Å². The molecule has 1 saturated carbocycles. The van der Waals surface area contributed by atoms with E-state index in [9.17, 15) is 0 Å². The quantitative estimate of drug-likeness (QED) is 0.751. The molecule has 1 rings (SSSR count). The highest BCUT2D eigenvalue weighted by atomic mass is 16.5. The molecule has 0 aromatic rings. The Morgan fingerprint density at radius 3 is 2.14 bits per heavy atom. The predicted molar refractivity (Wildman–Crippen MR) is 60.5 cm³/mol. The van der Waals surface area contributed by atoms with Gasteiger partial charge in [0.15, 0.2) is 0 Å². The maximum Gasteiger partial charge on any atom is 0.0693 e. The van der Waals surface area contributed by atoms with Crippen molar-refractivity contribution in [3.8, 4) is 0 Å². The smallest absolute Gasteiger partial charge is 0.0693 e. The zero-order valence-electron chi connectivity index (χ0n) is 10.3. The molecule has 0 aliphatic heterocycles. The van der Waals surface area contributed by atoms with E-state index in [1.165, 1.54) is 19.3 Å². The first-order valence-electron chi connectivity index (χ1n) is 5.66. The van der Waals surface area contributed by atoms with Crippen molar-refractivity contribution in [2.75, 3.05) is 14.2 Å². The Morgan fingerprint density at radius 2 is 1.93 bits per heavy atom. The van der Waals surface area contributed by atoms with E-state index in [0.717, 1.165) is 6.42 Å². The molecule has 2 nitrogen and oxygen atoms in total. The third-order valence-electron chi connectivity index (χ3n) is 3.67. The van der Waals surface area contributed by atoms with E-state index in [2.05, 4.69) is 33.1 Å². The summed E-state index contributed by atoms with van der Waals surface area (Å²) in [6.45, 7) is 6.86. The number of ether oxygens (including phenoxy) is 1. The highest BCUT2D eigenvalue weighted by Gasteiger charge is 2.41. The van der Waals surface area contributed by atoms with Crippen LogP contribution in [-0.2, 0) is 4.74 Å². The second-order valence-electron chi connectivity index (χ2n) is 5.65. The van der Waals surface area contributed by atoms with Gasteiger partial charge in [0, 0.05) is 13.2 Å². The van der Waals surface area contributed by atoms with E-state index in [4.69, 9.17) is 4.74 Å². The molecule has 1 N–H and O–H groups in total. The molecule has 0 amide bonds. The van der Waals surface area contributed by atoms with Crippen molar-refractivity contribution in [3.05, 3.63) is 0 Å². The first-order valence-corrected chi connectivity index (χ1v) is 5.66. The zero-order valence-corrected chi connectivity index (χ0v) is 10.3. The molecule has 1 aliphatic carbocycles. The molecule has 1 atom stereocenters. The van der Waals surface area contributed by atoms with Crippen molar-refractivity contribution in [2.45, 2.75) is 58.1 Å². The van der Waals surface area contributed by atoms with Crippen LogP contribution in [0.15, 0.2) is 0 Å². The van der Waals surface area contributed by atoms with Crippen molar-refractivity contribution in [1.29, 1.82) is 0 Å². The minimum atomic E-state index is 0.182. The van der Waals surface area contributed by atoms with E-state index < -0.39 is 0 Å². The highest BCUT2D eigenvalue weighted by Crippen LogP contribution is 2.41. The monoisotopic (exact) mass is 199 g/mol. The molecule has 0 aromatic heterocycles. The number of methoxy groups -OCH3 is 1. The highest BCUT2D eigenvalue weighted by molar-refractivity contribution is 4.95. The third-order valence-corrected chi connectivity index (χ3v) is 3.67. The summed E-state index contributed by atoms with van der Waals surface area (Å²) < 4.78 is 5.66. The average molecular weight is 199 g/mol. The molecular weight excluding hydrogens is 174 g/mol. The normalized spacial score (nSPS) is 22.9. The molecule has 0 heterocycles. The van der Waals surface area contributed by atoms with Gasteiger partial charge in [-0.25, -0.2) is 0 Å². The lowest BCUT2D eigenvalue weighted by Gasteiger charge is -2.45. The third kappa shape index (κ3) is 2.48. The summed E-state index contributed by atoms with van der Waals surface area (Å²) in [4.78, 5) is 0. The molecule has 0 bridgehead atoms. The van der Waals surface area contributed by atoms with Gasteiger partial charge in [0.1, 0.15) is 0 Å². The molecule has 0 radical (unpaired) electrons. The summed E-state index contributed by atoms with van der Waals surface area (Å²) in [7, 11) is 3.91. The van der Waals surface area contributed by atoms with Gasteiger partial charge >= 0.3 is 0 Å². The number of rotatable bonds is 4. The Balaban J connectivity index is 2.55. The van der Waals surface area contributed by atoms with Crippen molar-refractivity contribution >= 4 is 0 Å². The van der Waals surface area contributed by atoms with E-state index in [1.54, 1.807) is 0 Å². The lowest BCUT2D eigenvalue weighted by molar-refractivity contribution is -0.0896. The van der Waals surface area contributed by atoms with Crippen LogP contribution in [-0.4, -0.2) is 25.8 Å². The van der Waals surface area contributed by atoms with Crippen molar-refractivity contribution in [1.82, 2.24) is 5.32 Å². The largest absolute Gasteiger partial charge is 0.378 e. The van der Waals surface area contributed by atoms with Crippen molar-refractivity contribution in [2.24, 2.45) is 5.41 Å². The molecule has 1 unspecified atom stereocenters. The average Bonchev–Trinajstić information content (AvgIpc) is 2.01. The second kappa shape index (κ2) is 4.19. The summed E-state index contributed by atoms with van der Waals surface area (Å²) in [5.74, 6) is 0. The van der Waals surface area contributed by atoms with Gasteiger partial charge in [-0.2, -0.15) is 0 Å². The predicted octanol–water partition coefficient (Wildman–Crippen LogP) is 2.58. The van der Waals surface area contributed by atoms with E-state index in [1.807, 2.05) is 7.11 Å². The van der Waals surface area contributed by atoms with Crippen LogP contribution in [0.5, 0.6) is 0 Å². The Kier molecular flexibility index (Phi) is 3.59. The molecule has 84 valence electrons. The van der Waals surface area contributed by atoms with Crippen LogP contribution in [0, 0.1) is 5.41 Å². The summed E-state index contributed by atoms with van der Waals surface area (Å²) >= 11 is 0. The standard InChI is InChI=1S/C12H25NO/c1-11(2,3)10(13-4)9-12(14-5)7-6-8-12/h10,13H,6-9H2,1-5H3. The van der Waals surface area contributed by atoms with Crippen molar-refractivity contribution in [3.63, 3.8) is 0 Å². The van der Waals surface area contributed by atoms with Crippen LogP contribution in [0.25, 0.3) is 0 Å². The summed E-state index contributed by atoms with van der Waals surface area (Å²) in [5.41, 5.74) is 0.497. The second-order valence-corrected chi connectivity index (χ2v) is 5.65. The Bertz CT molecular complexity index is 174. The maximum absolute atomic E-state index is 5.66. The fourth-order valence-electron chi connectivity index (χ4n) is 2.28. The molecule has 14 heavy (non-hydrogen) atoms. The molecule has 0 saturated heterocycles. The van der Waals surface area contributed by atoms with Crippen LogP contribution in [0.2, 0.25) is 0 Å². The summed E-state index contributed by atoms with van der Waals surface area (Å²) in [5, 5.41) is 3.42. The molecule has 2 heteroatoms. The SMILES string of the molecule is CNC(CC1(OC)CCC1)C(C)(C)C. The fourth-order valence-corrected chi connectivity index (χ4v) is 2.28. The van der Waals surface area contributed by atoms with E-state index in [-0.39, 0.29) is 5.60 Å². The van der Waals surface area contributed by atoms with Gasteiger partial charge in [0.25, 0.3) is 0 Å². The molecule has 0 aromatic carbocycles. The van der Waals surface area contributed by atoms with Gasteiger partial charge in [-0.05, 0) is 38.1 Å². The van der Waals surface area contributed by atoms with Crippen LogP contribution >= 0.6 is 0 Å².